The van der Waals surface area contributed by atoms with Crippen LogP contribution in [0.25, 0.3) is 0 Å². The molecule has 1 fully saturated rings. The van der Waals surface area contributed by atoms with Crippen LogP contribution in [0.5, 0.6) is 0 Å². The highest BCUT2D eigenvalue weighted by molar-refractivity contribution is 5.99. The third-order valence-electron chi connectivity index (χ3n) is 4.26. The normalized spacial score (nSPS) is 22.0. The van der Waals surface area contributed by atoms with Gasteiger partial charge in [-0.2, -0.15) is 0 Å². The predicted octanol–water partition coefficient (Wildman–Crippen LogP) is 1.71. The number of amides is 2. The minimum absolute atomic E-state index is 0.00893. The second-order valence-electron chi connectivity index (χ2n) is 5.21. The van der Waals surface area contributed by atoms with Gasteiger partial charge in [0.25, 0.3) is 0 Å². The minimum Gasteiger partial charge on any atom is -0.382 e. The first-order chi connectivity index (χ1) is 9.57. The Morgan fingerprint density at radius 3 is 2.35 bits per heavy atom. The van der Waals surface area contributed by atoms with Crippen LogP contribution in [0, 0.1) is 0 Å². The zero-order valence-corrected chi connectivity index (χ0v) is 13.2. The number of carbonyl (C=O) groups excluding carboxylic acids is 2. The average molecular weight is 284 g/mol. The van der Waals surface area contributed by atoms with E-state index in [0.717, 1.165) is 6.42 Å². The SMILES string of the molecule is CCOCCCN1C(=O)C(CC)NC(=O)C1(CC)CC. The number of rotatable bonds is 8. The van der Waals surface area contributed by atoms with Crippen LogP contribution < -0.4 is 5.32 Å². The standard InChI is InChI=1S/C15H28N2O3/c1-5-12-13(18)17(10-9-11-20-8-4)15(6-2,7-3)14(19)16-12/h12H,5-11H2,1-4H3,(H,16,19). The number of piperazine rings is 1. The van der Waals surface area contributed by atoms with E-state index in [1.165, 1.54) is 0 Å². The fraction of sp³-hybridized carbons (Fsp3) is 0.867. The zero-order valence-electron chi connectivity index (χ0n) is 13.2. The molecule has 116 valence electrons. The number of hydrogen-bond donors (Lipinski definition) is 1. The molecule has 2 amide bonds. The van der Waals surface area contributed by atoms with Crippen LogP contribution in [-0.4, -0.2) is 48.1 Å². The van der Waals surface area contributed by atoms with E-state index in [4.69, 9.17) is 4.74 Å². The molecule has 0 aromatic heterocycles. The van der Waals surface area contributed by atoms with Crippen LogP contribution in [0.1, 0.15) is 53.4 Å². The van der Waals surface area contributed by atoms with Gasteiger partial charge in [0.15, 0.2) is 0 Å². The topological polar surface area (TPSA) is 58.6 Å². The highest BCUT2D eigenvalue weighted by atomic mass is 16.5. The van der Waals surface area contributed by atoms with Crippen LogP contribution >= 0.6 is 0 Å². The van der Waals surface area contributed by atoms with Crippen molar-refractivity contribution in [1.82, 2.24) is 10.2 Å². The Morgan fingerprint density at radius 2 is 1.85 bits per heavy atom. The summed E-state index contributed by atoms with van der Waals surface area (Å²) in [6.45, 7) is 9.71. The maximum Gasteiger partial charge on any atom is 0.246 e. The Kier molecular flexibility index (Phi) is 6.46. The molecule has 5 heteroatoms. The summed E-state index contributed by atoms with van der Waals surface area (Å²) in [6.07, 6.45) is 2.69. The van der Waals surface area contributed by atoms with Crippen molar-refractivity contribution in [2.75, 3.05) is 19.8 Å². The Morgan fingerprint density at radius 1 is 1.20 bits per heavy atom. The van der Waals surface area contributed by atoms with Crippen LogP contribution in [0.4, 0.5) is 0 Å². The predicted molar refractivity (Wildman–Crippen MR) is 78.4 cm³/mol. The molecule has 1 aliphatic rings. The molecule has 1 atom stereocenters. The monoisotopic (exact) mass is 284 g/mol. The van der Waals surface area contributed by atoms with Gasteiger partial charge in [-0.1, -0.05) is 20.8 Å². The lowest BCUT2D eigenvalue weighted by Crippen LogP contribution is -2.70. The van der Waals surface area contributed by atoms with Gasteiger partial charge in [0.2, 0.25) is 11.8 Å². The first-order valence-corrected chi connectivity index (χ1v) is 7.77. The minimum atomic E-state index is -0.686. The lowest BCUT2D eigenvalue weighted by atomic mass is 9.85. The van der Waals surface area contributed by atoms with Gasteiger partial charge in [-0.15, -0.1) is 0 Å². The summed E-state index contributed by atoms with van der Waals surface area (Å²) in [5.41, 5.74) is -0.686. The van der Waals surface area contributed by atoms with Crippen molar-refractivity contribution in [1.29, 1.82) is 0 Å². The lowest BCUT2D eigenvalue weighted by Gasteiger charge is -2.47. The molecule has 1 rings (SSSR count). The van der Waals surface area contributed by atoms with E-state index in [9.17, 15) is 9.59 Å². The average Bonchev–Trinajstić information content (AvgIpc) is 2.47. The van der Waals surface area contributed by atoms with E-state index >= 15 is 0 Å². The first kappa shape index (κ1) is 17.0. The van der Waals surface area contributed by atoms with Crippen molar-refractivity contribution >= 4 is 11.8 Å². The van der Waals surface area contributed by atoms with Crippen LogP contribution in [0.15, 0.2) is 0 Å². The maximum absolute atomic E-state index is 12.6. The summed E-state index contributed by atoms with van der Waals surface area (Å²) in [5.74, 6) is 0.0395. The molecule has 5 nitrogen and oxygen atoms in total. The van der Waals surface area contributed by atoms with E-state index < -0.39 is 5.54 Å². The van der Waals surface area contributed by atoms with Crippen LogP contribution in [0.3, 0.4) is 0 Å². The lowest BCUT2D eigenvalue weighted by molar-refractivity contribution is -0.158. The number of hydrogen-bond acceptors (Lipinski definition) is 3. The molecule has 0 aromatic rings. The Hall–Kier alpha value is -1.10. The maximum atomic E-state index is 12.6. The van der Waals surface area contributed by atoms with Crippen molar-refractivity contribution in [3.05, 3.63) is 0 Å². The molecule has 0 spiro atoms. The second kappa shape index (κ2) is 7.62. The van der Waals surface area contributed by atoms with Gasteiger partial charge in [0.05, 0.1) is 0 Å². The van der Waals surface area contributed by atoms with Gasteiger partial charge in [0, 0.05) is 19.8 Å². The van der Waals surface area contributed by atoms with Crippen molar-refractivity contribution in [2.24, 2.45) is 0 Å². The third-order valence-corrected chi connectivity index (χ3v) is 4.26. The summed E-state index contributed by atoms with van der Waals surface area (Å²) in [5, 5.41) is 2.88. The Bertz CT molecular complexity index is 340. The molecule has 1 N–H and O–H groups in total. The summed E-state index contributed by atoms with van der Waals surface area (Å²) in [7, 11) is 0. The molecule has 0 bridgehead atoms. The van der Waals surface area contributed by atoms with Gasteiger partial charge < -0.3 is 15.0 Å². The number of ether oxygens (including phenoxy) is 1. The molecule has 1 saturated heterocycles. The van der Waals surface area contributed by atoms with Crippen molar-refractivity contribution < 1.29 is 14.3 Å². The van der Waals surface area contributed by atoms with Gasteiger partial charge in [-0.25, -0.2) is 0 Å². The highest BCUT2D eigenvalue weighted by Crippen LogP contribution is 2.29. The summed E-state index contributed by atoms with van der Waals surface area (Å²) in [4.78, 5) is 26.8. The molecule has 1 aliphatic heterocycles. The van der Waals surface area contributed by atoms with Gasteiger partial charge >= 0.3 is 0 Å². The number of carbonyl (C=O) groups is 2. The summed E-state index contributed by atoms with van der Waals surface area (Å²) in [6, 6.07) is -0.374. The highest BCUT2D eigenvalue weighted by Gasteiger charge is 2.49. The van der Waals surface area contributed by atoms with E-state index in [1.54, 1.807) is 4.90 Å². The molecular weight excluding hydrogens is 256 g/mol. The van der Waals surface area contributed by atoms with E-state index in [2.05, 4.69) is 5.32 Å². The van der Waals surface area contributed by atoms with Crippen molar-refractivity contribution in [3.63, 3.8) is 0 Å². The fourth-order valence-electron chi connectivity index (χ4n) is 2.90. The summed E-state index contributed by atoms with van der Waals surface area (Å²) >= 11 is 0. The molecule has 0 saturated carbocycles. The summed E-state index contributed by atoms with van der Waals surface area (Å²) < 4.78 is 5.34. The largest absolute Gasteiger partial charge is 0.382 e. The molecule has 0 radical (unpaired) electrons. The fourth-order valence-corrected chi connectivity index (χ4v) is 2.90. The molecule has 0 aromatic carbocycles. The number of nitrogens with zero attached hydrogens (tertiary/aromatic N) is 1. The first-order valence-electron chi connectivity index (χ1n) is 7.77. The van der Waals surface area contributed by atoms with Crippen molar-refractivity contribution in [3.8, 4) is 0 Å². The van der Waals surface area contributed by atoms with E-state index in [0.29, 0.717) is 39.0 Å². The Balaban J connectivity index is 2.88. The molecule has 1 heterocycles. The third kappa shape index (κ3) is 3.14. The van der Waals surface area contributed by atoms with Crippen LogP contribution in [0.2, 0.25) is 0 Å². The molecular formula is C15H28N2O3. The second-order valence-corrected chi connectivity index (χ2v) is 5.21. The molecule has 20 heavy (non-hydrogen) atoms. The van der Waals surface area contributed by atoms with Gasteiger partial charge in [-0.05, 0) is 32.6 Å². The molecule has 1 unspecified atom stereocenters. The smallest absolute Gasteiger partial charge is 0.246 e. The zero-order chi connectivity index (χ0) is 15.2. The number of nitrogens with one attached hydrogen (secondary N) is 1. The van der Waals surface area contributed by atoms with Crippen LogP contribution in [-0.2, 0) is 14.3 Å². The molecule has 0 aliphatic carbocycles. The van der Waals surface area contributed by atoms with Crippen molar-refractivity contribution in [2.45, 2.75) is 65.0 Å². The quantitative estimate of drug-likeness (QED) is 0.690. The van der Waals surface area contributed by atoms with Gasteiger partial charge in [-0.3, -0.25) is 9.59 Å². The Labute approximate surface area is 122 Å². The van der Waals surface area contributed by atoms with Gasteiger partial charge in [0.1, 0.15) is 11.6 Å². The van der Waals surface area contributed by atoms with E-state index in [1.807, 2.05) is 27.7 Å². The van der Waals surface area contributed by atoms with E-state index in [-0.39, 0.29) is 17.9 Å².